The van der Waals surface area contributed by atoms with E-state index in [2.05, 4.69) is 19.2 Å². The van der Waals surface area contributed by atoms with E-state index in [1.54, 1.807) is 0 Å². The van der Waals surface area contributed by atoms with Gasteiger partial charge in [-0.05, 0) is 37.5 Å². The summed E-state index contributed by atoms with van der Waals surface area (Å²) in [5.74, 6) is 1.30. The molecule has 0 saturated heterocycles. The molecule has 3 atom stereocenters. The number of hydrogen-bond acceptors (Lipinski definition) is 2. The van der Waals surface area contributed by atoms with Crippen LogP contribution >= 0.6 is 12.2 Å². The van der Waals surface area contributed by atoms with Crippen LogP contribution in [0.25, 0.3) is 0 Å². The van der Waals surface area contributed by atoms with E-state index in [-0.39, 0.29) is 11.9 Å². The van der Waals surface area contributed by atoms with Crippen LogP contribution in [-0.4, -0.2) is 16.9 Å². The van der Waals surface area contributed by atoms with Gasteiger partial charge < -0.3 is 11.1 Å². The van der Waals surface area contributed by atoms with E-state index in [1.165, 1.54) is 12.8 Å². The molecule has 0 spiro atoms. The third-order valence-electron chi connectivity index (χ3n) is 5.18. The largest absolute Gasteiger partial charge is 0.392 e. The summed E-state index contributed by atoms with van der Waals surface area (Å²) in [4.78, 5) is 12.9. The first-order chi connectivity index (χ1) is 8.92. The van der Waals surface area contributed by atoms with E-state index in [0.717, 1.165) is 12.3 Å². The molecular formula is C15H28N2OS. The molecular weight excluding hydrogens is 256 g/mol. The zero-order valence-corrected chi connectivity index (χ0v) is 13.5. The fourth-order valence-electron chi connectivity index (χ4n) is 3.37. The summed E-state index contributed by atoms with van der Waals surface area (Å²) in [6, 6.07) is 0.282. The first kappa shape index (κ1) is 16.4. The molecule has 3 unspecified atom stereocenters. The highest BCUT2D eigenvalue weighted by atomic mass is 32.1. The van der Waals surface area contributed by atoms with Crippen LogP contribution in [0.15, 0.2) is 0 Å². The van der Waals surface area contributed by atoms with Crippen LogP contribution in [0.1, 0.15) is 59.8 Å². The molecule has 3 nitrogen and oxygen atoms in total. The summed E-state index contributed by atoms with van der Waals surface area (Å²) >= 11 is 5.14. The van der Waals surface area contributed by atoms with Gasteiger partial charge in [0.2, 0.25) is 5.91 Å². The summed E-state index contributed by atoms with van der Waals surface area (Å²) in [5, 5.41) is 3.21. The molecule has 110 valence electrons. The van der Waals surface area contributed by atoms with Crippen molar-refractivity contribution in [2.75, 3.05) is 0 Å². The summed E-state index contributed by atoms with van der Waals surface area (Å²) in [6.45, 7) is 8.43. The number of rotatable bonds is 6. The zero-order chi connectivity index (χ0) is 14.6. The Balaban J connectivity index is 2.76. The van der Waals surface area contributed by atoms with Crippen molar-refractivity contribution in [1.82, 2.24) is 5.32 Å². The maximum Gasteiger partial charge on any atom is 0.233 e. The van der Waals surface area contributed by atoms with E-state index < -0.39 is 5.41 Å². The highest BCUT2D eigenvalue weighted by Crippen LogP contribution is 2.35. The molecule has 1 rings (SSSR count). The lowest BCUT2D eigenvalue weighted by molar-refractivity contribution is -0.128. The van der Waals surface area contributed by atoms with Crippen molar-refractivity contribution in [1.29, 1.82) is 0 Å². The molecule has 1 aliphatic carbocycles. The van der Waals surface area contributed by atoms with Gasteiger partial charge in [0, 0.05) is 6.04 Å². The van der Waals surface area contributed by atoms with Crippen LogP contribution in [0.2, 0.25) is 0 Å². The molecule has 4 heteroatoms. The van der Waals surface area contributed by atoms with Crippen molar-refractivity contribution >= 4 is 23.1 Å². The first-order valence-electron chi connectivity index (χ1n) is 7.53. The lowest BCUT2D eigenvalue weighted by atomic mass is 9.80. The van der Waals surface area contributed by atoms with Crippen molar-refractivity contribution < 1.29 is 4.79 Å². The fourth-order valence-corrected chi connectivity index (χ4v) is 3.75. The van der Waals surface area contributed by atoms with Crippen LogP contribution in [0, 0.1) is 17.3 Å². The smallest absolute Gasteiger partial charge is 0.233 e. The SMILES string of the molecule is CCC1CCC(NC(=O)C(CC)(CC)C(N)=S)C1C. The molecule has 1 aliphatic rings. The molecule has 1 fully saturated rings. The monoisotopic (exact) mass is 284 g/mol. The van der Waals surface area contributed by atoms with Gasteiger partial charge in [0.15, 0.2) is 0 Å². The van der Waals surface area contributed by atoms with Crippen LogP contribution in [-0.2, 0) is 4.79 Å². The highest BCUT2D eigenvalue weighted by molar-refractivity contribution is 7.80. The van der Waals surface area contributed by atoms with Gasteiger partial charge in [0.25, 0.3) is 0 Å². The molecule has 0 aromatic rings. The van der Waals surface area contributed by atoms with Crippen molar-refractivity contribution in [3.8, 4) is 0 Å². The van der Waals surface area contributed by atoms with Crippen molar-refractivity contribution in [2.45, 2.75) is 65.8 Å². The molecule has 0 radical (unpaired) electrons. The lowest BCUT2D eigenvalue weighted by Crippen LogP contribution is -2.51. The fraction of sp³-hybridized carbons (Fsp3) is 0.867. The Hall–Kier alpha value is -0.640. The average molecular weight is 284 g/mol. The molecule has 0 heterocycles. The van der Waals surface area contributed by atoms with Gasteiger partial charge in [0.1, 0.15) is 0 Å². The number of carbonyl (C=O) groups is 1. The summed E-state index contributed by atoms with van der Waals surface area (Å²) in [5.41, 5.74) is 5.16. The first-order valence-corrected chi connectivity index (χ1v) is 7.94. The third kappa shape index (κ3) is 3.10. The molecule has 0 aromatic carbocycles. The van der Waals surface area contributed by atoms with Crippen LogP contribution in [0.3, 0.4) is 0 Å². The van der Waals surface area contributed by atoms with Gasteiger partial charge in [-0.2, -0.15) is 0 Å². The van der Waals surface area contributed by atoms with E-state index in [4.69, 9.17) is 18.0 Å². The normalized spacial score (nSPS) is 27.3. The highest BCUT2D eigenvalue weighted by Gasteiger charge is 2.41. The van der Waals surface area contributed by atoms with Gasteiger partial charge in [-0.3, -0.25) is 4.79 Å². The minimum absolute atomic E-state index is 0.0265. The van der Waals surface area contributed by atoms with Crippen molar-refractivity contribution in [3.63, 3.8) is 0 Å². The number of nitrogens with two attached hydrogens (primary N) is 1. The van der Waals surface area contributed by atoms with Gasteiger partial charge in [0.05, 0.1) is 10.4 Å². The second kappa shape index (κ2) is 6.69. The zero-order valence-electron chi connectivity index (χ0n) is 12.7. The molecule has 1 amide bonds. The maximum absolute atomic E-state index is 12.6. The molecule has 1 saturated carbocycles. The quantitative estimate of drug-likeness (QED) is 0.737. The second-order valence-corrected chi connectivity index (χ2v) is 6.28. The molecule has 0 bridgehead atoms. The van der Waals surface area contributed by atoms with E-state index in [0.29, 0.717) is 23.7 Å². The van der Waals surface area contributed by atoms with E-state index in [9.17, 15) is 4.79 Å². The Kier molecular flexibility index (Phi) is 5.78. The number of nitrogens with one attached hydrogen (secondary N) is 1. The van der Waals surface area contributed by atoms with Gasteiger partial charge in [-0.15, -0.1) is 0 Å². The van der Waals surface area contributed by atoms with Crippen molar-refractivity contribution in [3.05, 3.63) is 0 Å². The minimum Gasteiger partial charge on any atom is -0.392 e. The Morgan fingerprint density at radius 2 is 1.89 bits per heavy atom. The predicted molar refractivity (Wildman–Crippen MR) is 83.9 cm³/mol. The number of thiocarbonyl (C=S) groups is 1. The predicted octanol–water partition coefficient (Wildman–Crippen LogP) is 3.02. The van der Waals surface area contributed by atoms with Gasteiger partial charge in [-0.25, -0.2) is 0 Å². The summed E-state index contributed by atoms with van der Waals surface area (Å²) < 4.78 is 0. The lowest BCUT2D eigenvalue weighted by Gasteiger charge is -2.32. The van der Waals surface area contributed by atoms with Crippen LogP contribution in [0.4, 0.5) is 0 Å². The van der Waals surface area contributed by atoms with Gasteiger partial charge in [-0.1, -0.05) is 46.3 Å². The molecule has 19 heavy (non-hydrogen) atoms. The number of carbonyl (C=O) groups excluding carboxylic acids is 1. The summed E-state index contributed by atoms with van der Waals surface area (Å²) in [7, 11) is 0. The molecule has 0 aliphatic heterocycles. The van der Waals surface area contributed by atoms with Crippen LogP contribution < -0.4 is 11.1 Å². The maximum atomic E-state index is 12.6. The van der Waals surface area contributed by atoms with Gasteiger partial charge >= 0.3 is 0 Å². The minimum atomic E-state index is -0.667. The van der Waals surface area contributed by atoms with Crippen LogP contribution in [0.5, 0.6) is 0 Å². The Bertz CT molecular complexity index is 339. The number of amides is 1. The summed E-state index contributed by atoms with van der Waals surface area (Å²) in [6.07, 6.45) is 4.81. The molecule has 3 N–H and O–H groups in total. The Labute approximate surface area is 122 Å². The van der Waals surface area contributed by atoms with E-state index in [1.807, 2.05) is 13.8 Å². The second-order valence-electron chi connectivity index (χ2n) is 5.84. The topological polar surface area (TPSA) is 55.1 Å². The number of hydrogen-bond donors (Lipinski definition) is 2. The third-order valence-corrected chi connectivity index (χ3v) is 5.57. The Morgan fingerprint density at radius 1 is 1.32 bits per heavy atom. The average Bonchev–Trinajstić information content (AvgIpc) is 2.72. The molecule has 0 aromatic heterocycles. The van der Waals surface area contributed by atoms with Crippen molar-refractivity contribution in [2.24, 2.45) is 23.0 Å². The standard InChI is InChI=1S/C15H28N2OS/c1-5-11-8-9-12(10(11)4)17-14(18)15(6-2,7-3)13(16)19/h10-12H,5-9H2,1-4H3,(H2,16,19)(H,17,18). The van der Waals surface area contributed by atoms with E-state index >= 15 is 0 Å². The Morgan fingerprint density at radius 3 is 2.26 bits per heavy atom.